The summed E-state index contributed by atoms with van der Waals surface area (Å²) in [6.07, 6.45) is 1.58. The van der Waals surface area contributed by atoms with Gasteiger partial charge in [-0.2, -0.15) is 5.10 Å². The van der Waals surface area contributed by atoms with Crippen LogP contribution in [0.15, 0.2) is 74.7 Å². The highest BCUT2D eigenvalue weighted by Gasteiger charge is 2.10. The number of ether oxygens (including phenoxy) is 1. The van der Waals surface area contributed by atoms with Gasteiger partial charge in [0, 0.05) is 10.6 Å². The number of benzene rings is 3. The lowest BCUT2D eigenvalue weighted by molar-refractivity contribution is 0.0954. The molecule has 0 radical (unpaired) electrons. The van der Waals surface area contributed by atoms with Crippen LogP contribution in [0, 0.1) is 6.92 Å². The Bertz CT molecular complexity index is 1030. The molecule has 3 aromatic rings. The molecule has 0 unspecified atom stereocenters. The number of aryl methyl sites for hydroxylation is 1. The molecule has 7 heteroatoms. The molecule has 0 heterocycles. The highest BCUT2D eigenvalue weighted by molar-refractivity contribution is 9.11. The van der Waals surface area contributed by atoms with Gasteiger partial charge in [-0.3, -0.25) is 4.79 Å². The van der Waals surface area contributed by atoms with Crippen LogP contribution in [0.2, 0.25) is 5.02 Å². The van der Waals surface area contributed by atoms with E-state index in [-0.39, 0.29) is 5.91 Å². The minimum Gasteiger partial charge on any atom is -0.487 e. The van der Waals surface area contributed by atoms with E-state index in [1.807, 2.05) is 61.5 Å². The first-order valence-electron chi connectivity index (χ1n) is 8.69. The van der Waals surface area contributed by atoms with E-state index in [1.54, 1.807) is 12.3 Å². The molecule has 4 nitrogen and oxygen atoms in total. The Balaban J connectivity index is 1.65. The van der Waals surface area contributed by atoms with Crippen LogP contribution in [0.3, 0.4) is 0 Å². The number of amides is 1. The van der Waals surface area contributed by atoms with E-state index in [0.717, 1.165) is 25.6 Å². The fraction of sp³-hybridized carbons (Fsp3) is 0.0909. The van der Waals surface area contributed by atoms with E-state index in [1.165, 1.54) is 0 Å². The minimum atomic E-state index is -0.250. The highest BCUT2D eigenvalue weighted by atomic mass is 79.9. The Morgan fingerprint density at radius 3 is 2.41 bits per heavy atom. The molecule has 0 saturated heterocycles. The summed E-state index contributed by atoms with van der Waals surface area (Å²) in [6, 6.07) is 18.6. The number of nitrogens with one attached hydrogen (secondary N) is 1. The van der Waals surface area contributed by atoms with Crippen molar-refractivity contribution < 1.29 is 9.53 Å². The maximum Gasteiger partial charge on any atom is 0.271 e. The smallest absolute Gasteiger partial charge is 0.271 e. The second-order valence-electron chi connectivity index (χ2n) is 6.24. The zero-order valence-electron chi connectivity index (χ0n) is 15.5. The van der Waals surface area contributed by atoms with Gasteiger partial charge in [-0.05, 0) is 85.8 Å². The van der Waals surface area contributed by atoms with Gasteiger partial charge >= 0.3 is 0 Å². The molecule has 0 aliphatic heterocycles. The summed E-state index contributed by atoms with van der Waals surface area (Å²) >= 11 is 13.0. The highest BCUT2D eigenvalue weighted by Crippen LogP contribution is 2.35. The van der Waals surface area contributed by atoms with E-state index < -0.39 is 0 Å². The molecule has 0 aliphatic rings. The predicted octanol–water partition coefficient (Wildman–Crippen LogP) is 6.52. The third-order valence-corrected chi connectivity index (χ3v) is 5.52. The van der Waals surface area contributed by atoms with Crippen molar-refractivity contribution in [2.24, 2.45) is 5.10 Å². The molecule has 0 saturated carbocycles. The molecule has 3 aromatic carbocycles. The van der Waals surface area contributed by atoms with Crippen molar-refractivity contribution in [2.45, 2.75) is 13.5 Å². The molecular weight excluding hydrogens is 520 g/mol. The Hall–Kier alpha value is -2.15. The second kappa shape index (κ2) is 10.1. The standard InChI is InChI=1S/C22H17Br2ClN2O2/c1-14-4-2-3-5-18(14)22(28)27-26-12-16-10-19(23)21(20(24)11-16)29-13-15-6-8-17(25)9-7-15/h2-12H,13H2,1H3,(H,27,28)/b26-12+. The average molecular weight is 537 g/mol. The molecule has 29 heavy (non-hydrogen) atoms. The molecule has 0 spiro atoms. The van der Waals surface area contributed by atoms with E-state index in [9.17, 15) is 4.79 Å². The van der Waals surface area contributed by atoms with Gasteiger partial charge in [-0.1, -0.05) is 41.9 Å². The summed E-state index contributed by atoms with van der Waals surface area (Å²) < 4.78 is 7.45. The molecule has 3 rings (SSSR count). The number of rotatable bonds is 6. The maximum absolute atomic E-state index is 12.2. The molecule has 0 aliphatic carbocycles. The van der Waals surface area contributed by atoms with Gasteiger partial charge in [0.1, 0.15) is 12.4 Å². The van der Waals surface area contributed by atoms with Crippen molar-refractivity contribution in [3.05, 3.63) is 96.9 Å². The van der Waals surface area contributed by atoms with Gasteiger partial charge in [0.15, 0.2) is 0 Å². The lowest BCUT2D eigenvalue weighted by Crippen LogP contribution is -2.18. The zero-order valence-corrected chi connectivity index (χ0v) is 19.4. The van der Waals surface area contributed by atoms with Gasteiger partial charge < -0.3 is 4.74 Å². The monoisotopic (exact) mass is 534 g/mol. The summed E-state index contributed by atoms with van der Waals surface area (Å²) in [5.74, 6) is 0.432. The van der Waals surface area contributed by atoms with Gasteiger partial charge in [-0.15, -0.1) is 0 Å². The normalized spacial score (nSPS) is 10.9. The summed E-state index contributed by atoms with van der Waals surface area (Å²) in [5, 5.41) is 4.74. The van der Waals surface area contributed by atoms with Crippen LogP contribution in [0.25, 0.3) is 0 Å². The van der Waals surface area contributed by atoms with Crippen molar-refractivity contribution in [2.75, 3.05) is 0 Å². The molecule has 0 aromatic heterocycles. The van der Waals surface area contributed by atoms with Crippen LogP contribution in [-0.2, 0) is 6.61 Å². The molecule has 0 bridgehead atoms. The summed E-state index contributed by atoms with van der Waals surface area (Å²) in [5.41, 5.74) is 5.85. The number of halogens is 3. The number of hydrogen-bond donors (Lipinski definition) is 1. The number of hydrazone groups is 1. The first kappa shape index (κ1) is 21.6. The van der Waals surface area contributed by atoms with Crippen LogP contribution in [0.4, 0.5) is 0 Å². The Morgan fingerprint density at radius 2 is 1.76 bits per heavy atom. The lowest BCUT2D eigenvalue weighted by Gasteiger charge is -2.11. The summed E-state index contributed by atoms with van der Waals surface area (Å²) in [7, 11) is 0. The summed E-state index contributed by atoms with van der Waals surface area (Å²) in [4.78, 5) is 12.2. The number of hydrogen-bond acceptors (Lipinski definition) is 3. The maximum atomic E-state index is 12.2. The third-order valence-electron chi connectivity index (χ3n) is 4.09. The van der Waals surface area contributed by atoms with E-state index >= 15 is 0 Å². The number of carbonyl (C=O) groups is 1. The molecule has 1 N–H and O–H groups in total. The molecule has 148 valence electrons. The fourth-order valence-corrected chi connectivity index (χ4v) is 4.16. The van der Waals surface area contributed by atoms with Gasteiger partial charge in [0.25, 0.3) is 5.91 Å². The van der Waals surface area contributed by atoms with Crippen LogP contribution in [0.5, 0.6) is 5.75 Å². The van der Waals surface area contributed by atoms with Gasteiger partial charge in [0.2, 0.25) is 0 Å². The molecule has 1 amide bonds. The van der Waals surface area contributed by atoms with Crippen molar-refractivity contribution >= 4 is 55.6 Å². The summed E-state index contributed by atoms with van der Waals surface area (Å²) in [6.45, 7) is 2.30. The Labute approximate surface area is 191 Å². The predicted molar refractivity (Wildman–Crippen MR) is 124 cm³/mol. The van der Waals surface area contributed by atoms with Crippen molar-refractivity contribution in [3.8, 4) is 5.75 Å². The van der Waals surface area contributed by atoms with Crippen LogP contribution in [-0.4, -0.2) is 12.1 Å². The number of nitrogens with zero attached hydrogens (tertiary/aromatic N) is 1. The van der Waals surface area contributed by atoms with E-state index in [2.05, 4.69) is 42.4 Å². The van der Waals surface area contributed by atoms with Gasteiger partial charge in [0.05, 0.1) is 15.2 Å². The molecule has 0 fully saturated rings. The average Bonchev–Trinajstić information content (AvgIpc) is 2.69. The van der Waals surface area contributed by atoms with Crippen molar-refractivity contribution in [1.82, 2.24) is 5.43 Å². The Morgan fingerprint density at radius 1 is 1.10 bits per heavy atom. The first-order chi connectivity index (χ1) is 13.9. The second-order valence-corrected chi connectivity index (χ2v) is 8.39. The van der Waals surface area contributed by atoms with Crippen LogP contribution in [0.1, 0.15) is 27.0 Å². The molecule has 0 atom stereocenters. The first-order valence-corrected chi connectivity index (χ1v) is 10.7. The Kier molecular flexibility index (Phi) is 7.47. The topological polar surface area (TPSA) is 50.7 Å². The van der Waals surface area contributed by atoms with Crippen molar-refractivity contribution in [3.63, 3.8) is 0 Å². The third kappa shape index (κ3) is 5.92. The van der Waals surface area contributed by atoms with Crippen LogP contribution >= 0.6 is 43.5 Å². The van der Waals surface area contributed by atoms with E-state index in [4.69, 9.17) is 16.3 Å². The fourth-order valence-electron chi connectivity index (χ4n) is 2.58. The van der Waals surface area contributed by atoms with Crippen LogP contribution < -0.4 is 10.2 Å². The molecular formula is C22H17Br2ClN2O2. The van der Waals surface area contributed by atoms with Gasteiger partial charge in [-0.25, -0.2) is 5.43 Å². The minimum absolute atomic E-state index is 0.250. The lowest BCUT2D eigenvalue weighted by atomic mass is 10.1. The van der Waals surface area contributed by atoms with Crippen molar-refractivity contribution in [1.29, 1.82) is 0 Å². The largest absolute Gasteiger partial charge is 0.487 e. The SMILES string of the molecule is Cc1ccccc1C(=O)N/N=C/c1cc(Br)c(OCc2ccc(Cl)cc2)c(Br)c1. The number of carbonyl (C=O) groups excluding carboxylic acids is 1. The quantitative estimate of drug-likeness (QED) is 0.288. The van der Waals surface area contributed by atoms with E-state index in [0.29, 0.717) is 22.9 Å². The zero-order chi connectivity index (χ0) is 20.8.